The second kappa shape index (κ2) is 6.12. The average Bonchev–Trinajstić information content (AvgIpc) is 2.38. The first-order valence-corrected chi connectivity index (χ1v) is 7.19. The maximum absolute atomic E-state index is 13.2. The molecule has 0 aliphatic rings. The molecule has 19 heavy (non-hydrogen) atoms. The number of anilines is 1. The van der Waals surface area contributed by atoms with Gasteiger partial charge in [0.25, 0.3) is 0 Å². The van der Waals surface area contributed by atoms with Crippen LogP contribution in [-0.2, 0) is 0 Å². The van der Waals surface area contributed by atoms with Crippen LogP contribution in [0.4, 0.5) is 10.1 Å². The van der Waals surface area contributed by atoms with E-state index in [2.05, 4.69) is 21.2 Å². The third-order valence-electron chi connectivity index (χ3n) is 2.77. The van der Waals surface area contributed by atoms with E-state index in [0.717, 1.165) is 11.3 Å². The molecule has 1 nitrogen and oxygen atoms in total. The Labute approximate surface area is 129 Å². The normalized spacial score (nSPS) is 12.3. The van der Waals surface area contributed by atoms with Crippen molar-refractivity contribution < 1.29 is 4.39 Å². The van der Waals surface area contributed by atoms with Gasteiger partial charge in [-0.05, 0) is 52.7 Å². The van der Waals surface area contributed by atoms with Crippen LogP contribution in [0.5, 0.6) is 0 Å². The van der Waals surface area contributed by atoms with Gasteiger partial charge in [0, 0.05) is 6.04 Å². The van der Waals surface area contributed by atoms with E-state index in [4.69, 9.17) is 23.2 Å². The maximum atomic E-state index is 13.2. The van der Waals surface area contributed by atoms with E-state index in [1.165, 1.54) is 6.07 Å². The highest BCUT2D eigenvalue weighted by molar-refractivity contribution is 9.10. The number of halogens is 4. The lowest BCUT2D eigenvalue weighted by Crippen LogP contribution is -2.07. The molecular weight excluding hydrogens is 352 g/mol. The molecule has 1 atom stereocenters. The summed E-state index contributed by atoms with van der Waals surface area (Å²) in [6.45, 7) is 1.97. The SMILES string of the molecule is CC(Nc1cccc(Cl)c1Cl)c1ccc(F)c(Br)c1. The summed E-state index contributed by atoms with van der Waals surface area (Å²) in [6, 6.07) is 10.3. The van der Waals surface area contributed by atoms with Crippen molar-refractivity contribution >= 4 is 44.8 Å². The van der Waals surface area contributed by atoms with E-state index in [-0.39, 0.29) is 11.9 Å². The minimum absolute atomic E-state index is 0.0205. The van der Waals surface area contributed by atoms with Crippen molar-refractivity contribution in [3.05, 3.63) is 62.3 Å². The van der Waals surface area contributed by atoms with Crippen molar-refractivity contribution in [1.29, 1.82) is 0 Å². The van der Waals surface area contributed by atoms with Crippen molar-refractivity contribution in [3.63, 3.8) is 0 Å². The molecule has 0 fully saturated rings. The Morgan fingerprint density at radius 2 is 1.95 bits per heavy atom. The van der Waals surface area contributed by atoms with Gasteiger partial charge in [0.2, 0.25) is 0 Å². The van der Waals surface area contributed by atoms with Gasteiger partial charge in [0.15, 0.2) is 0 Å². The molecule has 1 unspecified atom stereocenters. The minimum atomic E-state index is -0.281. The van der Waals surface area contributed by atoms with Gasteiger partial charge in [-0.3, -0.25) is 0 Å². The molecule has 2 aromatic carbocycles. The predicted octanol–water partition coefficient (Wildman–Crippen LogP) is 6.07. The van der Waals surface area contributed by atoms with Crippen LogP contribution < -0.4 is 5.32 Å². The first-order valence-electron chi connectivity index (χ1n) is 5.64. The van der Waals surface area contributed by atoms with Crippen molar-refractivity contribution in [2.24, 2.45) is 0 Å². The van der Waals surface area contributed by atoms with Crippen LogP contribution in [0.1, 0.15) is 18.5 Å². The van der Waals surface area contributed by atoms with E-state index in [9.17, 15) is 4.39 Å². The summed E-state index contributed by atoms with van der Waals surface area (Å²) in [7, 11) is 0. The fourth-order valence-electron chi connectivity index (χ4n) is 1.71. The Morgan fingerprint density at radius 3 is 2.63 bits per heavy atom. The highest BCUT2D eigenvalue weighted by atomic mass is 79.9. The van der Waals surface area contributed by atoms with Gasteiger partial charge in [-0.25, -0.2) is 4.39 Å². The third kappa shape index (κ3) is 3.41. The molecule has 2 rings (SSSR count). The zero-order valence-corrected chi connectivity index (χ0v) is 13.2. The molecule has 0 aliphatic carbocycles. The molecule has 0 bridgehead atoms. The molecule has 0 radical (unpaired) electrons. The van der Waals surface area contributed by atoms with Gasteiger partial charge in [-0.15, -0.1) is 0 Å². The highest BCUT2D eigenvalue weighted by Crippen LogP contribution is 2.32. The topological polar surface area (TPSA) is 12.0 Å². The van der Waals surface area contributed by atoms with Crippen molar-refractivity contribution in [2.75, 3.05) is 5.32 Å². The third-order valence-corrected chi connectivity index (χ3v) is 4.19. The molecule has 0 spiro atoms. The second-order valence-corrected chi connectivity index (χ2v) is 5.78. The lowest BCUT2D eigenvalue weighted by molar-refractivity contribution is 0.619. The zero-order chi connectivity index (χ0) is 14.0. The Bertz CT molecular complexity index is 604. The van der Waals surface area contributed by atoms with E-state index < -0.39 is 0 Å². The molecule has 0 saturated heterocycles. The summed E-state index contributed by atoms with van der Waals surface area (Å²) in [5.41, 5.74) is 1.70. The van der Waals surface area contributed by atoms with Gasteiger partial charge in [0.1, 0.15) is 5.82 Å². The molecule has 0 amide bonds. The smallest absolute Gasteiger partial charge is 0.137 e. The zero-order valence-electron chi connectivity index (χ0n) is 10.1. The van der Waals surface area contributed by atoms with Gasteiger partial charge >= 0.3 is 0 Å². The lowest BCUT2D eigenvalue weighted by atomic mass is 10.1. The summed E-state index contributed by atoms with van der Waals surface area (Å²) in [5, 5.41) is 4.24. The molecule has 5 heteroatoms. The van der Waals surface area contributed by atoms with Gasteiger partial charge in [0.05, 0.1) is 20.2 Å². The maximum Gasteiger partial charge on any atom is 0.137 e. The summed E-state index contributed by atoms with van der Waals surface area (Å²) >= 11 is 15.3. The largest absolute Gasteiger partial charge is 0.377 e. The van der Waals surface area contributed by atoms with Crippen LogP contribution in [0, 0.1) is 5.82 Å². The minimum Gasteiger partial charge on any atom is -0.377 e. The predicted molar refractivity (Wildman–Crippen MR) is 82.6 cm³/mol. The van der Waals surface area contributed by atoms with Gasteiger partial charge in [-0.2, -0.15) is 0 Å². The van der Waals surface area contributed by atoms with E-state index in [0.29, 0.717) is 14.5 Å². The molecular formula is C14H11BrCl2FN. The average molecular weight is 363 g/mol. The molecule has 100 valence electrons. The van der Waals surface area contributed by atoms with Crippen molar-refractivity contribution in [1.82, 2.24) is 0 Å². The van der Waals surface area contributed by atoms with Crippen LogP contribution in [-0.4, -0.2) is 0 Å². The van der Waals surface area contributed by atoms with Crippen molar-refractivity contribution in [2.45, 2.75) is 13.0 Å². The molecule has 0 aliphatic heterocycles. The highest BCUT2D eigenvalue weighted by Gasteiger charge is 2.11. The number of rotatable bonds is 3. The first kappa shape index (κ1) is 14.6. The Morgan fingerprint density at radius 1 is 1.21 bits per heavy atom. The van der Waals surface area contributed by atoms with E-state index >= 15 is 0 Å². The summed E-state index contributed by atoms with van der Waals surface area (Å²) in [6.07, 6.45) is 0. The monoisotopic (exact) mass is 361 g/mol. The molecule has 0 heterocycles. The second-order valence-electron chi connectivity index (χ2n) is 4.14. The van der Waals surface area contributed by atoms with Crippen LogP contribution >= 0.6 is 39.1 Å². The van der Waals surface area contributed by atoms with Crippen LogP contribution in [0.25, 0.3) is 0 Å². The van der Waals surface area contributed by atoms with Gasteiger partial charge in [-0.1, -0.05) is 35.3 Å². The van der Waals surface area contributed by atoms with Crippen molar-refractivity contribution in [3.8, 4) is 0 Å². The fraction of sp³-hybridized carbons (Fsp3) is 0.143. The van der Waals surface area contributed by atoms with E-state index in [1.807, 2.05) is 19.1 Å². The Kier molecular flexibility index (Phi) is 4.71. The molecule has 0 aromatic heterocycles. The number of hydrogen-bond acceptors (Lipinski definition) is 1. The molecule has 2 aromatic rings. The van der Waals surface area contributed by atoms with Crippen LogP contribution in [0.2, 0.25) is 10.0 Å². The lowest BCUT2D eigenvalue weighted by Gasteiger charge is -2.17. The number of benzene rings is 2. The molecule has 0 saturated carbocycles. The molecule has 1 N–H and O–H groups in total. The summed E-state index contributed by atoms with van der Waals surface area (Å²) in [5.74, 6) is -0.281. The van der Waals surface area contributed by atoms with Crippen LogP contribution in [0.3, 0.4) is 0 Å². The number of nitrogens with one attached hydrogen (secondary N) is 1. The van der Waals surface area contributed by atoms with E-state index in [1.54, 1.807) is 18.2 Å². The first-order chi connectivity index (χ1) is 8.99. The summed E-state index contributed by atoms with van der Waals surface area (Å²) < 4.78 is 13.6. The standard InChI is InChI=1S/C14H11BrCl2FN/c1-8(9-5-6-12(18)10(15)7-9)19-13-4-2-3-11(16)14(13)17/h2-8,19H,1H3. The summed E-state index contributed by atoms with van der Waals surface area (Å²) in [4.78, 5) is 0. The Balaban J connectivity index is 2.23. The van der Waals surface area contributed by atoms with Gasteiger partial charge < -0.3 is 5.32 Å². The Hall–Kier alpha value is -0.770. The quantitative estimate of drug-likeness (QED) is 0.698. The number of hydrogen-bond donors (Lipinski definition) is 1. The van der Waals surface area contributed by atoms with Crippen LogP contribution in [0.15, 0.2) is 40.9 Å². The fourth-order valence-corrected chi connectivity index (χ4v) is 2.47.